The summed E-state index contributed by atoms with van der Waals surface area (Å²) < 4.78 is 1.47. The van der Waals surface area contributed by atoms with E-state index < -0.39 is 5.91 Å². The summed E-state index contributed by atoms with van der Waals surface area (Å²) in [6.45, 7) is 3.97. The second-order valence-electron chi connectivity index (χ2n) is 3.19. The molecule has 0 saturated heterocycles. The second kappa shape index (κ2) is 3.47. The number of aryl methyl sites for hydroxylation is 1. The maximum Gasteiger partial charge on any atom is 0.269 e. The first-order chi connectivity index (χ1) is 6.02. The summed E-state index contributed by atoms with van der Waals surface area (Å²) in [6, 6.07) is 0.252. The molecule has 0 spiro atoms. The molecule has 3 N–H and O–H groups in total. The van der Waals surface area contributed by atoms with Crippen molar-refractivity contribution in [2.45, 2.75) is 19.9 Å². The van der Waals surface area contributed by atoms with Crippen molar-refractivity contribution in [2.24, 2.45) is 12.8 Å². The van der Waals surface area contributed by atoms with Crippen molar-refractivity contribution in [1.82, 2.24) is 9.78 Å². The third kappa shape index (κ3) is 1.99. The number of aromatic nitrogens is 2. The summed E-state index contributed by atoms with van der Waals surface area (Å²) in [7, 11) is 1.69. The van der Waals surface area contributed by atoms with Gasteiger partial charge in [-0.1, -0.05) is 0 Å². The van der Waals surface area contributed by atoms with Gasteiger partial charge in [0.05, 0.1) is 11.9 Å². The zero-order valence-electron chi connectivity index (χ0n) is 8.03. The van der Waals surface area contributed by atoms with Gasteiger partial charge in [-0.3, -0.25) is 9.48 Å². The molecule has 72 valence electrons. The Kier molecular flexibility index (Phi) is 2.55. The van der Waals surface area contributed by atoms with Crippen molar-refractivity contribution >= 4 is 11.6 Å². The monoisotopic (exact) mass is 182 g/mol. The van der Waals surface area contributed by atoms with E-state index in [0.29, 0.717) is 11.4 Å². The summed E-state index contributed by atoms with van der Waals surface area (Å²) in [5.74, 6) is -0.469. The van der Waals surface area contributed by atoms with Crippen molar-refractivity contribution in [1.29, 1.82) is 0 Å². The third-order valence-corrected chi connectivity index (χ3v) is 1.62. The minimum absolute atomic E-state index is 0.252. The summed E-state index contributed by atoms with van der Waals surface area (Å²) in [4.78, 5) is 11.0. The van der Waals surface area contributed by atoms with Crippen LogP contribution >= 0.6 is 0 Å². The molecule has 0 saturated carbocycles. The van der Waals surface area contributed by atoms with Gasteiger partial charge in [0, 0.05) is 13.1 Å². The molecule has 5 heteroatoms. The molecule has 0 unspecified atom stereocenters. The van der Waals surface area contributed by atoms with Gasteiger partial charge in [-0.2, -0.15) is 5.10 Å². The predicted molar refractivity (Wildman–Crippen MR) is 50.5 cm³/mol. The molecule has 0 atom stereocenters. The molecule has 1 aromatic heterocycles. The highest BCUT2D eigenvalue weighted by Crippen LogP contribution is 2.13. The summed E-state index contributed by atoms with van der Waals surface area (Å²) in [5, 5.41) is 7.04. The van der Waals surface area contributed by atoms with Gasteiger partial charge in [-0.15, -0.1) is 0 Å². The number of primary amides is 1. The first-order valence-corrected chi connectivity index (χ1v) is 4.10. The molecule has 1 amide bonds. The standard InChI is InChI=1S/C8H14N4O/c1-5(2)11-6-4-10-12(3)7(6)8(9)13/h4-5,11H,1-3H3,(H2,9,13). The van der Waals surface area contributed by atoms with E-state index in [4.69, 9.17) is 5.73 Å². The Balaban J connectivity index is 3.00. The van der Waals surface area contributed by atoms with Crippen molar-refractivity contribution < 1.29 is 4.79 Å². The third-order valence-electron chi connectivity index (χ3n) is 1.62. The fourth-order valence-corrected chi connectivity index (χ4v) is 1.15. The highest BCUT2D eigenvalue weighted by Gasteiger charge is 2.13. The number of nitrogens with one attached hydrogen (secondary N) is 1. The number of nitrogens with two attached hydrogens (primary N) is 1. The van der Waals surface area contributed by atoms with Crippen LogP contribution in [0.15, 0.2) is 6.20 Å². The zero-order valence-corrected chi connectivity index (χ0v) is 8.03. The van der Waals surface area contributed by atoms with Gasteiger partial charge in [-0.05, 0) is 13.8 Å². The number of carbonyl (C=O) groups is 1. The van der Waals surface area contributed by atoms with Crippen molar-refractivity contribution in [2.75, 3.05) is 5.32 Å². The van der Waals surface area contributed by atoms with Crippen molar-refractivity contribution in [3.63, 3.8) is 0 Å². The van der Waals surface area contributed by atoms with Crippen LogP contribution in [0, 0.1) is 0 Å². The van der Waals surface area contributed by atoms with Gasteiger partial charge in [0.2, 0.25) is 0 Å². The summed E-state index contributed by atoms with van der Waals surface area (Å²) >= 11 is 0. The van der Waals surface area contributed by atoms with Crippen LogP contribution in [0.3, 0.4) is 0 Å². The quantitative estimate of drug-likeness (QED) is 0.708. The summed E-state index contributed by atoms with van der Waals surface area (Å²) in [5.41, 5.74) is 6.29. The van der Waals surface area contributed by atoms with Crippen LogP contribution in [0.25, 0.3) is 0 Å². The molecule has 5 nitrogen and oxygen atoms in total. The van der Waals surface area contributed by atoms with Crippen LogP contribution in [0.1, 0.15) is 24.3 Å². The molecule has 1 aromatic rings. The van der Waals surface area contributed by atoms with E-state index in [-0.39, 0.29) is 6.04 Å². The van der Waals surface area contributed by atoms with E-state index in [0.717, 1.165) is 0 Å². The fourth-order valence-electron chi connectivity index (χ4n) is 1.15. The number of carbonyl (C=O) groups excluding carboxylic acids is 1. The number of anilines is 1. The van der Waals surface area contributed by atoms with Gasteiger partial charge in [0.1, 0.15) is 5.69 Å². The molecule has 1 rings (SSSR count). The minimum Gasteiger partial charge on any atom is -0.380 e. The Labute approximate surface area is 76.9 Å². The van der Waals surface area contributed by atoms with Crippen LogP contribution in [-0.4, -0.2) is 21.7 Å². The first kappa shape index (κ1) is 9.57. The Morgan fingerprint density at radius 1 is 1.69 bits per heavy atom. The van der Waals surface area contributed by atoms with Crippen LogP contribution in [0.2, 0.25) is 0 Å². The molecule has 0 aliphatic rings. The van der Waals surface area contributed by atoms with E-state index in [1.54, 1.807) is 13.2 Å². The highest BCUT2D eigenvalue weighted by molar-refractivity contribution is 5.96. The van der Waals surface area contributed by atoms with Gasteiger partial charge in [-0.25, -0.2) is 0 Å². The lowest BCUT2D eigenvalue weighted by atomic mass is 10.3. The van der Waals surface area contributed by atoms with Crippen LogP contribution in [0.5, 0.6) is 0 Å². The number of hydrogen-bond acceptors (Lipinski definition) is 3. The Hall–Kier alpha value is -1.52. The maximum absolute atomic E-state index is 11.0. The van der Waals surface area contributed by atoms with E-state index in [9.17, 15) is 4.79 Å². The van der Waals surface area contributed by atoms with E-state index in [1.165, 1.54) is 4.68 Å². The Bertz CT molecular complexity index is 316. The molecule has 1 heterocycles. The lowest BCUT2D eigenvalue weighted by Gasteiger charge is -2.08. The molecule has 0 aliphatic heterocycles. The fraction of sp³-hybridized carbons (Fsp3) is 0.500. The smallest absolute Gasteiger partial charge is 0.269 e. The van der Waals surface area contributed by atoms with Crippen LogP contribution in [-0.2, 0) is 7.05 Å². The topological polar surface area (TPSA) is 72.9 Å². The molecule has 0 bridgehead atoms. The lowest BCUT2D eigenvalue weighted by molar-refractivity contribution is 0.0992. The van der Waals surface area contributed by atoms with Crippen LogP contribution < -0.4 is 11.1 Å². The predicted octanol–water partition coefficient (Wildman–Crippen LogP) is 0.339. The lowest BCUT2D eigenvalue weighted by Crippen LogP contribution is -2.19. The van der Waals surface area contributed by atoms with Crippen molar-refractivity contribution in [3.05, 3.63) is 11.9 Å². The molecule has 0 aromatic carbocycles. The minimum atomic E-state index is -0.469. The SMILES string of the molecule is CC(C)Nc1cnn(C)c1C(N)=O. The highest BCUT2D eigenvalue weighted by atomic mass is 16.1. The van der Waals surface area contributed by atoms with E-state index in [1.807, 2.05) is 13.8 Å². The number of nitrogens with zero attached hydrogens (tertiary/aromatic N) is 2. The average molecular weight is 182 g/mol. The maximum atomic E-state index is 11.0. The van der Waals surface area contributed by atoms with Gasteiger partial charge < -0.3 is 11.1 Å². The zero-order chi connectivity index (χ0) is 10.0. The number of amides is 1. The normalized spacial score (nSPS) is 10.5. The molecule has 0 aliphatic carbocycles. The second-order valence-corrected chi connectivity index (χ2v) is 3.19. The Morgan fingerprint density at radius 3 is 2.77 bits per heavy atom. The van der Waals surface area contributed by atoms with Crippen LogP contribution in [0.4, 0.5) is 5.69 Å². The Morgan fingerprint density at radius 2 is 2.31 bits per heavy atom. The molecule has 0 fully saturated rings. The van der Waals surface area contributed by atoms with Gasteiger partial charge >= 0.3 is 0 Å². The number of rotatable bonds is 3. The molecule has 13 heavy (non-hydrogen) atoms. The molecular weight excluding hydrogens is 168 g/mol. The van der Waals surface area contributed by atoms with E-state index in [2.05, 4.69) is 10.4 Å². The largest absolute Gasteiger partial charge is 0.380 e. The van der Waals surface area contributed by atoms with Gasteiger partial charge in [0.25, 0.3) is 5.91 Å². The summed E-state index contributed by atoms with van der Waals surface area (Å²) in [6.07, 6.45) is 1.60. The number of hydrogen-bond donors (Lipinski definition) is 2. The van der Waals surface area contributed by atoms with E-state index >= 15 is 0 Å². The molecule has 0 radical (unpaired) electrons. The van der Waals surface area contributed by atoms with Gasteiger partial charge in [0.15, 0.2) is 0 Å². The van der Waals surface area contributed by atoms with Crippen molar-refractivity contribution in [3.8, 4) is 0 Å². The molecular formula is C8H14N4O. The first-order valence-electron chi connectivity index (χ1n) is 4.10. The average Bonchev–Trinajstić information content (AvgIpc) is 2.30.